The molecular formula is C16H21N3O2. The van der Waals surface area contributed by atoms with Crippen LogP contribution in [0.15, 0.2) is 24.3 Å². The van der Waals surface area contributed by atoms with E-state index in [2.05, 4.69) is 0 Å². The lowest BCUT2D eigenvalue weighted by Gasteiger charge is -2.24. The second-order valence-corrected chi connectivity index (χ2v) is 6.27. The van der Waals surface area contributed by atoms with Gasteiger partial charge in [-0.15, -0.1) is 0 Å². The molecule has 1 fully saturated rings. The minimum Gasteiger partial charge on any atom is -0.340 e. The number of nitrogens with zero attached hydrogens (tertiary/aromatic N) is 3. The summed E-state index contributed by atoms with van der Waals surface area (Å²) in [5.74, 6) is 0.209. The summed E-state index contributed by atoms with van der Waals surface area (Å²) in [5.41, 5.74) is 1.51. The third kappa shape index (κ3) is 2.03. The van der Waals surface area contributed by atoms with Gasteiger partial charge in [-0.1, -0.05) is 18.2 Å². The molecule has 0 radical (unpaired) electrons. The minimum absolute atomic E-state index is 0.0942. The average molecular weight is 287 g/mol. The molecule has 0 N–H and O–H groups in total. The van der Waals surface area contributed by atoms with Crippen LogP contribution in [0.5, 0.6) is 0 Å². The van der Waals surface area contributed by atoms with Crippen molar-refractivity contribution in [3.05, 3.63) is 29.8 Å². The molecule has 1 atom stereocenters. The molecule has 2 heterocycles. The molecule has 3 rings (SSSR count). The van der Waals surface area contributed by atoms with Crippen molar-refractivity contribution in [2.24, 2.45) is 0 Å². The van der Waals surface area contributed by atoms with Crippen LogP contribution in [0.3, 0.4) is 0 Å². The quantitative estimate of drug-likeness (QED) is 0.804. The Morgan fingerprint density at radius 3 is 2.76 bits per heavy atom. The van der Waals surface area contributed by atoms with E-state index in [1.54, 1.807) is 4.90 Å². The predicted octanol–water partition coefficient (Wildman–Crippen LogP) is 0.695. The smallest absolute Gasteiger partial charge is 0.239 e. The highest BCUT2D eigenvalue weighted by Crippen LogP contribution is 2.46. The lowest BCUT2D eigenvalue weighted by molar-refractivity contribution is -0.131. The third-order valence-electron chi connectivity index (χ3n) is 4.57. The van der Waals surface area contributed by atoms with Crippen LogP contribution in [0.4, 0.5) is 5.69 Å². The maximum Gasteiger partial charge on any atom is 0.239 e. The second kappa shape index (κ2) is 4.84. The van der Waals surface area contributed by atoms with Gasteiger partial charge in [0, 0.05) is 25.8 Å². The highest BCUT2D eigenvalue weighted by atomic mass is 16.2. The molecule has 0 bridgehead atoms. The number of hydrogen-bond donors (Lipinski definition) is 0. The predicted molar refractivity (Wildman–Crippen MR) is 81.3 cm³/mol. The lowest BCUT2D eigenvalue weighted by atomic mass is 9.81. The van der Waals surface area contributed by atoms with Crippen molar-refractivity contribution in [3.8, 4) is 0 Å². The van der Waals surface area contributed by atoms with Crippen LogP contribution in [0.2, 0.25) is 0 Å². The Bertz CT molecular complexity index is 599. The molecule has 0 aromatic heterocycles. The summed E-state index contributed by atoms with van der Waals surface area (Å²) in [7, 11) is 5.58. The Morgan fingerprint density at radius 1 is 1.33 bits per heavy atom. The molecule has 5 nitrogen and oxygen atoms in total. The van der Waals surface area contributed by atoms with Crippen molar-refractivity contribution < 1.29 is 9.59 Å². The molecule has 112 valence electrons. The molecule has 2 amide bonds. The molecule has 0 unspecified atom stereocenters. The molecular weight excluding hydrogens is 266 g/mol. The number of benzene rings is 1. The largest absolute Gasteiger partial charge is 0.340 e. The fourth-order valence-electron chi connectivity index (χ4n) is 3.50. The van der Waals surface area contributed by atoms with E-state index in [4.69, 9.17) is 0 Å². The van der Waals surface area contributed by atoms with Gasteiger partial charge in [-0.05, 0) is 32.1 Å². The fourth-order valence-corrected chi connectivity index (χ4v) is 3.50. The summed E-state index contributed by atoms with van der Waals surface area (Å²) in [6.07, 6.45) is 0.715. The number of likely N-dealkylation sites (tertiary alicyclic amines) is 1. The van der Waals surface area contributed by atoms with Crippen molar-refractivity contribution in [3.63, 3.8) is 0 Å². The van der Waals surface area contributed by atoms with Gasteiger partial charge < -0.3 is 14.7 Å². The van der Waals surface area contributed by atoms with Crippen LogP contribution in [-0.2, 0) is 15.0 Å². The van der Waals surface area contributed by atoms with Gasteiger partial charge >= 0.3 is 0 Å². The summed E-state index contributed by atoms with van der Waals surface area (Å²) in [4.78, 5) is 30.4. The van der Waals surface area contributed by atoms with E-state index < -0.39 is 5.41 Å². The Morgan fingerprint density at radius 2 is 2.05 bits per heavy atom. The SMILES string of the molecule is CN(C)CC(=O)N1CC[C@]2(C1)C(=O)N(C)c1ccccc12. The summed E-state index contributed by atoms with van der Waals surface area (Å²) < 4.78 is 0. The van der Waals surface area contributed by atoms with Crippen LogP contribution in [0, 0.1) is 0 Å². The van der Waals surface area contributed by atoms with Gasteiger partial charge in [-0.2, -0.15) is 0 Å². The van der Waals surface area contributed by atoms with E-state index in [0.717, 1.165) is 11.3 Å². The standard InChI is InChI=1S/C16H21N3O2/c1-17(2)10-14(20)19-9-8-16(11-19)12-6-4-5-7-13(12)18(3)15(16)21/h4-7H,8-11H2,1-3H3/t16-/m1/s1. The summed E-state index contributed by atoms with van der Waals surface area (Å²) in [6, 6.07) is 7.92. The van der Waals surface area contributed by atoms with Crippen molar-refractivity contribution in [1.82, 2.24) is 9.80 Å². The summed E-state index contributed by atoms with van der Waals surface area (Å²) in [6.45, 7) is 1.54. The number of rotatable bonds is 2. The van der Waals surface area contributed by atoms with Crippen LogP contribution in [0.1, 0.15) is 12.0 Å². The maximum atomic E-state index is 12.8. The van der Waals surface area contributed by atoms with Crippen molar-refractivity contribution in [1.29, 1.82) is 0 Å². The number of hydrogen-bond acceptors (Lipinski definition) is 3. The first-order chi connectivity index (χ1) is 9.95. The minimum atomic E-state index is -0.534. The van der Waals surface area contributed by atoms with Gasteiger partial charge in [-0.3, -0.25) is 9.59 Å². The molecule has 1 aromatic carbocycles. The van der Waals surface area contributed by atoms with Crippen LogP contribution in [-0.4, -0.2) is 62.4 Å². The molecule has 0 saturated carbocycles. The van der Waals surface area contributed by atoms with Gasteiger partial charge in [0.25, 0.3) is 0 Å². The Kier molecular flexibility index (Phi) is 3.24. The number of likely N-dealkylation sites (N-methyl/N-ethyl adjacent to an activating group) is 2. The van der Waals surface area contributed by atoms with Gasteiger partial charge in [0.1, 0.15) is 0 Å². The third-order valence-corrected chi connectivity index (χ3v) is 4.57. The normalized spacial score (nSPS) is 24.3. The van der Waals surface area contributed by atoms with Crippen molar-refractivity contribution in [2.45, 2.75) is 11.8 Å². The summed E-state index contributed by atoms with van der Waals surface area (Å²) in [5, 5.41) is 0. The topological polar surface area (TPSA) is 43.9 Å². The molecule has 21 heavy (non-hydrogen) atoms. The number of carbonyl (C=O) groups excluding carboxylic acids is 2. The van der Waals surface area contributed by atoms with Crippen LogP contribution in [0.25, 0.3) is 0 Å². The number of fused-ring (bicyclic) bond motifs is 2. The summed E-state index contributed by atoms with van der Waals surface area (Å²) >= 11 is 0. The number of carbonyl (C=O) groups is 2. The monoisotopic (exact) mass is 287 g/mol. The van der Waals surface area contributed by atoms with Gasteiger partial charge in [-0.25, -0.2) is 0 Å². The van der Waals surface area contributed by atoms with Crippen molar-refractivity contribution in [2.75, 3.05) is 45.7 Å². The fraction of sp³-hybridized carbons (Fsp3) is 0.500. The van der Waals surface area contributed by atoms with E-state index in [-0.39, 0.29) is 11.8 Å². The second-order valence-electron chi connectivity index (χ2n) is 6.27. The Balaban J connectivity index is 1.90. The zero-order valence-corrected chi connectivity index (χ0v) is 12.8. The average Bonchev–Trinajstić information content (AvgIpc) is 2.98. The van der Waals surface area contributed by atoms with E-state index in [1.165, 1.54) is 0 Å². The zero-order chi connectivity index (χ0) is 15.2. The lowest BCUT2D eigenvalue weighted by Crippen LogP contribution is -2.43. The Hall–Kier alpha value is -1.88. The Labute approximate surface area is 125 Å². The van der Waals surface area contributed by atoms with E-state index >= 15 is 0 Å². The van der Waals surface area contributed by atoms with Gasteiger partial charge in [0.05, 0.1) is 12.0 Å². The molecule has 5 heteroatoms. The van der Waals surface area contributed by atoms with Crippen LogP contribution >= 0.6 is 0 Å². The number of para-hydroxylation sites is 1. The molecule has 2 aliphatic heterocycles. The number of anilines is 1. The first-order valence-electron chi connectivity index (χ1n) is 7.26. The molecule has 1 saturated heterocycles. The highest BCUT2D eigenvalue weighted by molar-refractivity contribution is 6.08. The molecule has 0 aliphatic carbocycles. The van der Waals surface area contributed by atoms with E-state index in [9.17, 15) is 9.59 Å². The zero-order valence-electron chi connectivity index (χ0n) is 12.8. The number of amides is 2. The first kappa shape index (κ1) is 14.1. The molecule has 2 aliphatic rings. The van der Waals surface area contributed by atoms with Gasteiger partial charge in [0.15, 0.2) is 0 Å². The maximum absolute atomic E-state index is 12.8. The van der Waals surface area contributed by atoms with Crippen LogP contribution < -0.4 is 4.90 Å². The first-order valence-corrected chi connectivity index (χ1v) is 7.26. The molecule has 1 aromatic rings. The van der Waals surface area contributed by atoms with E-state index in [1.807, 2.05) is 55.2 Å². The van der Waals surface area contributed by atoms with Crippen molar-refractivity contribution >= 4 is 17.5 Å². The highest BCUT2D eigenvalue weighted by Gasteiger charge is 2.54. The molecule has 1 spiro atoms. The van der Waals surface area contributed by atoms with Gasteiger partial charge in [0.2, 0.25) is 11.8 Å². The van der Waals surface area contributed by atoms with E-state index in [0.29, 0.717) is 26.1 Å².